The summed E-state index contributed by atoms with van der Waals surface area (Å²) in [4.78, 5) is 16.2. The zero-order chi connectivity index (χ0) is 16.1. The van der Waals surface area contributed by atoms with E-state index in [1.54, 1.807) is 12.3 Å². The van der Waals surface area contributed by atoms with Crippen LogP contribution in [0.1, 0.15) is 12.0 Å². The molecule has 3 N–H and O–H groups in total. The van der Waals surface area contributed by atoms with Crippen molar-refractivity contribution in [2.75, 3.05) is 6.54 Å². The molecule has 3 rings (SSSR count). The molecule has 1 saturated heterocycles. The number of para-hydroxylation sites is 1. The molecule has 2 atom stereocenters. The van der Waals surface area contributed by atoms with Gasteiger partial charge in [0.1, 0.15) is 5.75 Å². The molecule has 1 aromatic heterocycles. The first kappa shape index (κ1) is 15.5. The minimum Gasteiger partial charge on any atom is -0.439 e. The van der Waals surface area contributed by atoms with E-state index < -0.39 is 6.10 Å². The van der Waals surface area contributed by atoms with Gasteiger partial charge >= 0.3 is 0 Å². The van der Waals surface area contributed by atoms with Crippen LogP contribution in [0.3, 0.4) is 0 Å². The van der Waals surface area contributed by atoms with E-state index in [0.29, 0.717) is 25.4 Å². The number of rotatable bonds is 5. The van der Waals surface area contributed by atoms with Crippen LogP contribution in [-0.2, 0) is 11.3 Å². The lowest BCUT2D eigenvalue weighted by atomic mass is 10.2. The van der Waals surface area contributed by atoms with Gasteiger partial charge in [0.25, 0.3) is 0 Å². The molecular weight excluding hydrogens is 294 g/mol. The van der Waals surface area contributed by atoms with E-state index in [2.05, 4.69) is 15.6 Å². The van der Waals surface area contributed by atoms with E-state index in [-0.39, 0.29) is 11.9 Å². The summed E-state index contributed by atoms with van der Waals surface area (Å²) in [6, 6.07) is 12.7. The first-order chi connectivity index (χ1) is 11.2. The second kappa shape index (κ2) is 7.21. The Labute approximate surface area is 134 Å². The summed E-state index contributed by atoms with van der Waals surface area (Å²) in [6.07, 6.45) is 1.69. The molecule has 0 spiro atoms. The first-order valence-electron chi connectivity index (χ1n) is 7.58. The van der Waals surface area contributed by atoms with Crippen molar-refractivity contribution < 1.29 is 14.6 Å². The molecule has 2 heterocycles. The number of carbonyl (C=O) groups is 1. The fourth-order valence-electron chi connectivity index (χ4n) is 2.41. The quantitative estimate of drug-likeness (QED) is 0.773. The normalized spacial score (nSPS) is 20.2. The Hall–Kier alpha value is -2.44. The van der Waals surface area contributed by atoms with Crippen LogP contribution >= 0.6 is 0 Å². The number of carbonyl (C=O) groups excluding carboxylic acids is 1. The van der Waals surface area contributed by atoms with Crippen molar-refractivity contribution in [2.24, 2.45) is 0 Å². The molecule has 2 unspecified atom stereocenters. The summed E-state index contributed by atoms with van der Waals surface area (Å²) >= 11 is 0. The molecule has 1 aliphatic rings. The number of aliphatic hydroxyl groups excluding tert-OH is 1. The second-order valence-electron chi connectivity index (χ2n) is 5.49. The Kier molecular flexibility index (Phi) is 4.85. The molecule has 1 aliphatic heterocycles. The Morgan fingerprint density at radius 1 is 1.30 bits per heavy atom. The molecule has 0 aliphatic carbocycles. The topological polar surface area (TPSA) is 83.5 Å². The van der Waals surface area contributed by atoms with E-state index in [4.69, 9.17) is 4.74 Å². The molecule has 2 aromatic rings. The largest absolute Gasteiger partial charge is 0.439 e. The Morgan fingerprint density at radius 3 is 2.78 bits per heavy atom. The van der Waals surface area contributed by atoms with Crippen LogP contribution in [0.25, 0.3) is 0 Å². The average molecular weight is 313 g/mol. The molecule has 120 valence electrons. The van der Waals surface area contributed by atoms with Gasteiger partial charge in [-0.25, -0.2) is 4.98 Å². The monoisotopic (exact) mass is 313 g/mol. The third-order valence-corrected chi connectivity index (χ3v) is 3.65. The van der Waals surface area contributed by atoms with Crippen LogP contribution < -0.4 is 15.4 Å². The second-order valence-corrected chi connectivity index (χ2v) is 5.49. The van der Waals surface area contributed by atoms with Crippen molar-refractivity contribution in [1.29, 1.82) is 0 Å². The highest BCUT2D eigenvalue weighted by Crippen LogP contribution is 2.18. The minimum absolute atomic E-state index is 0.105. The highest BCUT2D eigenvalue weighted by molar-refractivity contribution is 5.82. The van der Waals surface area contributed by atoms with E-state index in [9.17, 15) is 9.90 Å². The molecule has 23 heavy (non-hydrogen) atoms. The standard InChI is InChI=1S/C17H19N3O3/c21-13-8-15(18-11-13)17(22)20-10-12-6-7-16(19-9-12)23-14-4-2-1-3-5-14/h1-7,9,13,15,18,21H,8,10-11H2,(H,20,22). The number of hydrogen-bond acceptors (Lipinski definition) is 5. The number of nitrogens with zero attached hydrogens (tertiary/aromatic N) is 1. The van der Waals surface area contributed by atoms with Crippen molar-refractivity contribution in [3.63, 3.8) is 0 Å². The van der Waals surface area contributed by atoms with Crippen LogP contribution in [0.2, 0.25) is 0 Å². The third kappa shape index (κ3) is 4.28. The molecule has 0 bridgehead atoms. The molecular formula is C17H19N3O3. The van der Waals surface area contributed by atoms with Gasteiger partial charge in [-0.1, -0.05) is 24.3 Å². The van der Waals surface area contributed by atoms with Crippen LogP contribution in [0.4, 0.5) is 0 Å². The van der Waals surface area contributed by atoms with Crippen molar-refractivity contribution in [1.82, 2.24) is 15.6 Å². The zero-order valence-corrected chi connectivity index (χ0v) is 12.6. The first-order valence-corrected chi connectivity index (χ1v) is 7.58. The van der Waals surface area contributed by atoms with Crippen LogP contribution in [0.15, 0.2) is 48.7 Å². The molecule has 1 fully saturated rings. The lowest BCUT2D eigenvalue weighted by Gasteiger charge is -2.11. The number of nitrogens with one attached hydrogen (secondary N) is 2. The van der Waals surface area contributed by atoms with Gasteiger partial charge in [0.05, 0.1) is 12.1 Å². The predicted octanol–water partition coefficient (Wildman–Crippen LogP) is 1.21. The van der Waals surface area contributed by atoms with Crippen LogP contribution in [-0.4, -0.2) is 34.7 Å². The predicted molar refractivity (Wildman–Crippen MR) is 85.0 cm³/mol. The molecule has 1 amide bonds. The maximum Gasteiger partial charge on any atom is 0.237 e. The number of ether oxygens (including phenoxy) is 1. The van der Waals surface area contributed by atoms with Crippen molar-refractivity contribution in [3.8, 4) is 11.6 Å². The molecule has 0 saturated carbocycles. The number of amides is 1. The van der Waals surface area contributed by atoms with Gasteiger partial charge in [0.2, 0.25) is 11.8 Å². The summed E-state index contributed by atoms with van der Waals surface area (Å²) in [5, 5.41) is 15.2. The van der Waals surface area contributed by atoms with Crippen molar-refractivity contribution in [2.45, 2.75) is 25.1 Å². The summed E-state index contributed by atoms with van der Waals surface area (Å²) in [6.45, 7) is 0.858. The molecule has 6 nitrogen and oxygen atoms in total. The lowest BCUT2D eigenvalue weighted by molar-refractivity contribution is -0.123. The summed E-state index contributed by atoms with van der Waals surface area (Å²) in [5.41, 5.74) is 0.886. The number of pyridine rings is 1. The highest BCUT2D eigenvalue weighted by Gasteiger charge is 2.27. The van der Waals surface area contributed by atoms with Crippen LogP contribution in [0.5, 0.6) is 11.6 Å². The van der Waals surface area contributed by atoms with Gasteiger partial charge < -0.3 is 20.5 Å². The summed E-state index contributed by atoms with van der Waals surface area (Å²) in [5.74, 6) is 1.13. The third-order valence-electron chi connectivity index (χ3n) is 3.65. The molecule has 6 heteroatoms. The Bertz CT molecular complexity index is 646. The van der Waals surface area contributed by atoms with Crippen molar-refractivity contribution >= 4 is 5.91 Å². The number of benzene rings is 1. The highest BCUT2D eigenvalue weighted by atomic mass is 16.5. The number of β-amino-alcohol motifs (C(OH)–C–C–N with tert-alkyl or cyclic N) is 1. The fraction of sp³-hybridized carbons (Fsp3) is 0.294. The van der Waals surface area contributed by atoms with Crippen LogP contribution in [0, 0.1) is 0 Å². The number of hydrogen-bond donors (Lipinski definition) is 3. The Balaban J connectivity index is 1.50. The Morgan fingerprint density at radius 2 is 2.13 bits per heavy atom. The van der Waals surface area contributed by atoms with Gasteiger partial charge in [-0.15, -0.1) is 0 Å². The van der Waals surface area contributed by atoms with Gasteiger partial charge in [0, 0.05) is 25.4 Å². The summed E-state index contributed by atoms with van der Waals surface area (Å²) in [7, 11) is 0. The minimum atomic E-state index is -0.443. The number of aliphatic hydroxyl groups is 1. The van der Waals surface area contributed by atoms with Gasteiger partial charge in [-0.05, 0) is 24.1 Å². The van der Waals surface area contributed by atoms with Gasteiger partial charge in [-0.3, -0.25) is 4.79 Å². The van der Waals surface area contributed by atoms with E-state index in [1.807, 2.05) is 36.4 Å². The van der Waals surface area contributed by atoms with E-state index in [1.165, 1.54) is 0 Å². The summed E-state index contributed by atoms with van der Waals surface area (Å²) < 4.78 is 5.62. The lowest BCUT2D eigenvalue weighted by Crippen LogP contribution is -2.40. The van der Waals surface area contributed by atoms with E-state index >= 15 is 0 Å². The number of aromatic nitrogens is 1. The zero-order valence-electron chi connectivity index (χ0n) is 12.6. The maximum atomic E-state index is 11.9. The van der Waals surface area contributed by atoms with Crippen molar-refractivity contribution in [3.05, 3.63) is 54.2 Å². The fourth-order valence-corrected chi connectivity index (χ4v) is 2.41. The molecule has 0 radical (unpaired) electrons. The molecule has 1 aromatic carbocycles. The van der Waals surface area contributed by atoms with Gasteiger partial charge in [0.15, 0.2) is 0 Å². The van der Waals surface area contributed by atoms with E-state index in [0.717, 1.165) is 11.3 Å². The smallest absolute Gasteiger partial charge is 0.237 e. The maximum absolute atomic E-state index is 11.9. The van der Waals surface area contributed by atoms with Gasteiger partial charge in [-0.2, -0.15) is 0 Å². The SMILES string of the molecule is O=C(NCc1ccc(Oc2ccccc2)nc1)C1CC(O)CN1. The average Bonchev–Trinajstić information content (AvgIpc) is 3.01.